The summed E-state index contributed by atoms with van der Waals surface area (Å²) >= 11 is 4.86. The van der Waals surface area contributed by atoms with Gasteiger partial charge in [0.25, 0.3) is 0 Å². The monoisotopic (exact) mass is 526 g/mol. The lowest BCUT2D eigenvalue weighted by Crippen LogP contribution is -2.39. The van der Waals surface area contributed by atoms with Gasteiger partial charge in [-0.1, -0.05) is 6.07 Å². The van der Waals surface area contributed by atoms with E-state index >= 15 is 0 Å². The number of aromatic nitrogens is 1. The maximum atomic E-state index is 13.2. The minimum absolute atomic E-state index is 0. The lowest BCUT2D eigenvalue weighted by atomic mass is 10.1. The first-order chi connectivity index (χ1) is 11.0. The number of nitrogens with zero attached hydrogens (tertiary/aromatic N) is 3. The Kier molecular flexibility index (Phi) is 9.14. The smallest absolute Gasteiger partial charge is 0.193 e. The highest BCUT2D eigenvalue weighted by Crippen LogP contribution is 2.17. The molecule has 0 atom stereocenters. The Balaban J connectivity index is 0.00000288. The van der Waals surface area contributed by atoms with Crippen LogP contribution in [0.4, 0.5) is 4.39 Å². The molecule has 2 rings (SSSR count). The van der Waals surface area contributed by atoms with E-state index in [-0.39, 0.29) is 29.8 Å². The zero-order chi connectivity index (χ0) is 16.8. The molecule has 132 valence electrons. The Morgan fingerprint density at radius 2 is 2.21 bits per heavy atom. The van der Waals surface area contributed by atoms with E-state index in [1.807, 2.05) is 24.9 Å². The fraction of sp³-hybridized carbons (Fsp3) is 0.375. The standard InChI is InChI=1S/C16H20BrFN4S.HI/c1-11-21-13(10-23-11)9-22(3)16(19-2)20-7-6-12-4-5-15(18)14(17)8-12;/h4-5,8,10H,6-7,9H2,1-3H3,(H,19,20);1H. The van der Waals surface area contributed by atoms with Crippen LogP contribution >= 0.6 is 51.2 Å². The second-order valence-corrected chi connectivity index (χ2v) is 7.10. The molecular formula is C16H21BrFIN4S. The molecule has 0 fully saturated rings. The average molecular weight is 527 g/mol. The van der Waals surface area contributed by atoms with Crippen LogP contribution in [0.15, 0.2) is 33.0 Å². The number of aliphatic imine (C=N–C) groups is 1. The number of rotatable bonds is 5. The van der Waals surface area contributed by atoms with Crippen LogP contribution in [0.5, 0.6) is 0 Å². The quantitative estimate of drug-likeness (QED) is 0.360. The number of hydrogen-bond donors (Lipinski definition) is 1. The molecule has 2 aromatic rings. The Morgan fingerprint density at radius 3 is 2.79 bits per heavy atom. The van der Waals surface area contributed by atoms with E-state index in [0.29, 0.717) is 11.0 Å². The van der Waals surface area contributed by atoms with E-state index in [2.05, 4.69) is 36.6 Å². The molecule has 0 unspecified atom stereocenters. The van der Waals surface area contributed by atoms with Crippen LogP contribution in [-0.4, -0.2) is 36.5 Å². The van der Waals surface area contributed by atoms with E-state index in [0.717, 1.165) is 35.2 Å². The van der Waals surface area contributed by atoms with Crippen molar-refractivity contribution >= 4 is 57.2 Å². The summed E-state index contributed by atoms with van der Waals surface area (Å²) in [6.07, 6.45) is 0.793. The molecule has 4 nitrogen and oxygen atoms in total. The molecule has 8 heteroatoms. The molecule has 1 aromatic carbocycles. The molecule has 1 heterocycles. The summed E-state index contributed by atoms with van der Waals surface area (Å²) in [5.74, 6) is 0.577. The van der Waals surface area contributed by atoms with Crippen molar-refractivity contribution in [2.24, 2.45) is 4.99 Å². The molecule has 1 aromatic heterocycles. The third-order valence-corrected chi connectivity index (χ3v) is 4.75. The highest BCUT2D eigenvalue weighted by molar-refractivity contribution is 14.0. The van der Waals surface area contributed by atoms with Gasteiger partial charge in [-0.3, -0.25) is 4.99 Å². The maximum absolute atomic E-state index is 13.2. The van der Waals surface area contributed by atoms with Crippen molar-refractivity contribution in [3.8, 4) is 0 Å². The lowest BCUT2D eigenvalue weighted by Gasteiger charge is -2.21. The van der Waals surface area contributed by atoms with Gasteiger partial charge in [0.05, 0.1) is 21.7 Å². The van der Waals surface area contributed by atoms with E-state index in [1.165, 1.54) is 6.07 Å². The second-order valence-electron chi connectivity index (χ2n) is 5.19. The summed E-state index contributed by atoms with van der Waals surface area (Å²) in [5, 5.41) is 6.45. The van der Waals surface area contributed by atoms with E-state index in [1.54, 1.807) is 24.5 Å². The molecule has 24 heavy (non-hydrogen) atoms. The highest BCUT2D eigenvalue weighted by Gasteiger charge is 2.08. The predicted molar refractivity (Wildman–Crippen MR) is 113 cm³/mol. The number of nitrogens with one attached hydrogen (secondary N) is 1. The molecule has 0 radical (unpaired) electrons. The van der Waals surface area contributed by atoms with Crippen molar-refractivity contribution in [3.63, 3.8) is 0 Å². The van der Waals surface area contributed by atoms with Gasteiger partial charge in [0.15, 0.2) is 5.96 Å². The normalized spacial score (nSPS) is 11.1. The first-order valence-electron chi connectivity index (χ1n) is 7.26. The first kappa shape index (κ1) is 21.3. The molecule has 0 bridgehead atoms. The Labute approximate surface area is 171 Å². The summed E-state index contributed by atoms with van der Waals surface area (Å²) in [6, 6.07) is 5.08. The van der Waals surface area contributed by atoms with Crippen molar-refractivity contribution in [3.05, 3.63) is 50.1 Å². The van der Waals surface area contributed by atoms with Gasteiger partial charge in [-0.05, 0) is 47.0 Å². The Bertz CT molecular complexity index is 692. The third kappa shape index (κ3) is 6.29. The molecule has 0 amide bonds. The zero-order valence-electron chi connectivity index (χ0n) is 13.8. The SMILES string of the molecule is CN=C(NCCc1ccc(F)c(Br)c1)N(C)Cc1csc(C)n1.I. The van der Waals surface area contributed by atoms with Crippen LogP contribution in [0.1, 0.15) is 16.3 Å². The number of thiazole rings is 1. The topological polar surface area (TPSA) is 40.5 Å². The number of guanidine groups is 1. The summed E-state index contributed by atoms with van der Waals surface area (Å²) in [6.45, 7) is 3.44. The van der Waals surface area contributed by atoms with E-state index < -0.39 is 0 Å². The fourth-order valence-electron chi connectivity index (χ4n) is 2.20. The summed E-state index contributed by atoms with van der Waals surface area (Å²) in [4.78, 5) is 10.8. The van der Waals surface area contributed by atoms with Crippen LogP contribution in [0, 0.1) is 12.7 Å². The van der Waals surface area contributed by atoms with Crippen LogP contribution in [0.3, 0.4) is 0 Å². The minimum Gasteiger partial charge on any atom is -0.356 e. The summed E-state index contributed by atoms with van der Waals surface area (Å²) in [5.41, 5.74) is 2.11. The van der Waals surface area contributed by atoms with Gasteiger partial charge in [0.2, 0.25) is 0 Å². The van der Waals surface area contributed by atoms with Crippen molar-refractivity contribution < 1.29 is 4.39 Å². The van der Waals surface area contributed by atoms with Crippen molar-refractivity contribution in [2.45, 2.75) is 19.9 Å². The van der Waals surface area contributed by atoms with Crippen molar-refractivity contribution in [2.75, 3.05) is 20.6 Å². The second kappa shape index (κ2) is 10.3. The van der Waals surface area contributed by atoms with E-state index in [9.17, 15) is 4.39 Å². The number of hydrogen-bond acceptors (Lipinski definition) is 3. The molecular weight excluding hydrogens is 506 g/mol. The van der Waals surface area contributed by atoms with Crippen LogP contribution in [0.25, 0.3) is 0 Å². The van der Waals surface area contributed by atoms with Crippen LogP contribution in [-0.2, 0) is 13.0 Å². The number of benzene rings is 1. The van der Waals surface area contributed by atoms with Crippen LogP contribution in [0.2, 0.25) is 0 Å². The third-order valence-electron chi connectivity index (χ3n) is 3.32. The van der Waals surface area contributed by atoms with Gasteiger partial charge in [-0.15, -0.1) is 35.3 Å². The fourth-order valence-corrected chi connectivity index (χ4v) is 3.23. The van der Waals surface area contributed by atoms with E-state index in [4.69, 9.17) is 0 Å². The first-order valence-corrected chi connectivity index (χ1v) is 8.93. The van der Waals surface area contributed by atoms with Gasteiger partial charge in [-0.25, -0.2) is 9.37 Å². The largest absolute Gasteiger partial charge is 0.356 e. The molecule has 1 N–H and O–H groups in total. The van der Waals surface area contributed by atoms with Crippen LogP contribution < -0.4 is 5.32 Å². The van der Waals surface area contributed by atoms with Gasteiger partial charge in [0, 0.05) is 26.0 Å². The average Bonchev–Trinajstić information content (AvgIpc) is 2.92. The Morgan fingerprint density at radius 1 is 1.46 bits per heavy atom. The zero-order valence-corrected chi connectivity index (χ0v) is 18.6. The van der Waals surface area contributed by atoms with Gasteiger partial charge in [-0.2, -0.15) is 0 Å². The summed E-state index contributed by atoms with van der Waals surface area (Å²) in [7, 11) is 3.75. The molecule has 0 aliphatic heterocycles. The van der Waals surface area contributed by atoms with Crippen molar-refractivity contribution in [1.82, 2.24) is 15.2 Å². The molecule has 0 spiro atoms. The summed E-state index contributed by atoms with van der Waals surface area (Å²) < 4.78 is 13.7. The molecule has 0 saturated heterocycles. The number of aryl methyl sites for hydroxylation is 1. The van der Waals surface area contributed by atoms with Gasteiger partial charge < -0.3 is 10.2 Å². The molecule has 0 saturated carbocycles. The van der Waals surface area contributed by atoms with Gasteiger partial charge in [0.1, 0.15) is 5.82 Å². The van der Waals surface area contributed by atoms with Crippen molar-refractivity contribution in [1.29, 1.82) is 0 Å². The Hall–Kier alpha value is -0.740. The molecule has 0 aliphatic carbocycles. The number of halogens is 3. The highest BCUT2D eigenvalue weighted by atomic mass is 127. The lowest BCUT2D eigenvalue weighted by molar-refractivity contribution is 0.471. The molecule has 0 aliphatic rings. The minimum atomic E-state index is -0.240. The predicted octanol–water partition coefficient (Wildman–Crippen LogP) is 4.22. The maximum Gasteiger partial charge on any atom is 0.193 e. The van der Waals surface area contributed by atoms with Gasteiger partial charge >= 0.3 is 0 Å².